The monoisotopic (exact) mass is 301 g/mol. The Balaban J connectivity index is 0.00000289. The van der Waals surface area contributed by atoms with Crippen LogP contribution in [0.15, 0.2) is 0 Å². The molecule has 1 rings (SSSR count). The molecule has 1 fully saturated rings. The van der Waals surface area contributed by atoms with Crippen LogP contribution in [-0.2, 0) is 14.9 Å². The summed E-state index contributed by atoms with van der Waals surface area (Å²) in [5, 5.41) is 2.98. The lowest BCUT2D eigenvalue weighted by Crippen LogP contribution is -2.52. The fraction of sp³-hybridized carbons (Fsp3) is 1.00. The highest BCUT2D eigenvalue weighted by atomic mass is 35.5. The van der Waals surface area contributed by atoms with Gasteiger partial charge in [0.15, 0.2) is 0 Å². The Bertz CT molecular complexity index is 316. The molecule has 2 unspecified atom stereocenters. The molecule has 0 amide bonds. The summed E-state index contributed by atoms with van der Waals surface area (Å²) in [6.07, 6.45) is 0.686. The molecular weight excluding hydrogens is 278 g/mol. The first-order chi connectivity index (χ1) is 7.95. The first-order valence-electron chi connectivity index (χ1n) is 6.00. The van der Waals surface area contributed by atoms with Crippen molar-refractivity contribution in [2.75, 3.05) is 33.2 Å². The maximum Gasteiger partial charge on any atom is 0.279 e. The first kappa shape index (κ1) is 18.1. The van der Waals surface area contributed by atoms with Gasteiger partial charge in [0.05, 0.1) is 12.2 Å². The van der Waals surface area contributed by atoms with Crippen LogP contribution in [0.25, 0.3) is 0 Å². The van der Waals surface area contributed by atoms with Crippen molar-refractivity contribution >= 4 is 22.6 Å². The SMILES string of the molecule is CNCCCNS(=O)(=O)N1CC(C)OC(C)C1.Cl. The van der Waals surface area contributed by atoms with Crippen molar-refractivity contribution in [2.45, 2.75) is 32.5 Å². The molecule has 0 bridgehead atoms. The van der Waals surface area contributed by atoms with Crippen molar-refractivity contribution in [2.24, 2.45) is 0 Å². The number of ether oxygens (including phenoxy) is 1. The molecule has 1 saturated heterocycles. The number of halogens is 1. The van der Waals surface area contributed by atoms with E-state index in [1.807, 2.05) is 20.9 Å². The number of morpholine rings is 1. The zero-order valence-electron chi connectivity index (χ0n) is 11.2. The van der Waals surface area contributed by atoms with Gasteiger partial charge >= 0.3 is 0 Å². The second-order valence-electron chi connectivity index (χ2n) is 4.43. The fourth-order valence-corrected chi connectivity index (χ4v) is 3.28. The van der Waals surface area contributed by atoms with Crippen molar-refractivity contribution in [1.82, 2.24) is 14.3 Å². The molecule has 0 aromatic rings. The van der Waals surface area contributed by atoms with E-state index in [1.54, 1.807) is 0 Å². The molecule has 110 valence electrons. The highest BCUT2D eigenvalue weighted by Gasteiger charge is 2.30. The number of rotatable bonds is 6. The molecule has 0 spiro atoms. The lowest BCUT2D eigenvalue weighted by molar-refractivity contribution is -0.0443. The van der Waals surface area contributed by atoms with Crippen molar-refractivity contribution < 1.29 is 13.2 Å². The Morgan fingerprint density at radius 1 is 1.22 bits per heavy atom. The summed E-state index contributed by atoms with van der Waals surface area (Å²) in [5.41, 5.74) is 0. The molecule has 0 radical (unpaired) electrons. The van der Waals surface area contributed by atoms with Crippen LogP contribution < -0.4 is 10.0 Å². The van der Waals surface area contributed by atoms with E-state index in [-0.39, 0.29) is 24.6 Å². The van der Waals surface area contributed by atoms with Crippen LogP contribution >= 0.6 is 12.4 Å². The van der Waals surface area contributed by atoms with E-state index in [2.05, 4.69) is 10.0 Å². The van der Waals surface area contributed by atoms with Crippen molar-refractivity contribution in [3.05, 3.63) is 0 Å². The predicted octanol–water partition coefficient (Wildman–Crippen LogP) is -0.0387. The molecule has 1 aliphatic rings. The molecule has 0 aliphatic carbocycles. The van der Waals surface area contributed by atoms with Gasteiger partial charge in [-0.3, -0.25) is 0 Å². The molecule has 1 aliphatic heterocycles. The van der Waals surface area contributed by atoms with Gasteiger partial charge in [-0.15, -0.1) is 12.4 Å². The maximum absolute atomic E-state index is 12.0. The molecule has 0 aromatic carbocycles. The van der Waals surface area contributed by atoms with Crippen LogP contribution in [0.1, 0.15) is 20.3 Å². The third kappa shape index (κ3) is 5.81. The number of nitrogens with one attached hydrogen (secondary N) is 2. The molecule has 1 heterocycles. The quantitative estimate of drug-likeness (QED) is 0.676. The zero-order valence-corrected chi connectivity index (χ0v) is 12.8. The number of nitrogens with zero attached hydrogens (tertiary/aromatic N) is 1. The van der Waals surface area contributed by atoms with Gasteiger partial charge in [-0.25, -0.2) is 4.72 Å². The minimum absolute atomic E-state index is 0. The average molecular weight is 302 g/mol. The van der Waals surface area contributed by atoms with E-state index in [9.17, 15) is 8.42 Å². The summed E-state index contributed by atoms with van der Waals surface area (Å²) in [5.74, 6) is 0. The summed E-state index contributed by atoms with van der Waals surface area (Å²) in [4.78, 5) is 0. The zero-order chi connectivity index (χ0) is 12.9. The smallest absolute Gasteiger partial charge is 0.279 e. The molecule has 0 saturated carbocycles. The van der Waals surface area contributed by atoms with E-state index in [1.165, 1.54) is 4.31 Å². The fourth-order valence-electron chi connectivity index (χ4n) is 1.88. The first-order valence-corrected chi connectivity index (χ1v) is 7.44. The summed E-state index contributed by atoms with van der Waals surface area (Å²) in [6.45, 7) is 5.89. The normalized spacial score (nSPS) is 25.7. The Morgan fingerprint density at radius 2 is 1.78 bits per heavy atom. The van der Waals surface area contributed by atoms with E-state index >= 15 is 0 Å². The van der Waals surface area contributed by atoms with Gasteiger partial charge in [-0.05, 0) is 33.9 Å². The van der Waals surface area contributed by atoms with E-state index in [0.29, 0.717) is 19.6 Å². The minimum Gasteiger partial charge on any atom is -0.373 e. The Kier molecular flexibility index (Phi) is 8.33. The van der Waals surface area contributed by atoms with Crippen LogP contribution in [0.5, 0.6) is 0 Å². The van der Waals surface area contributed by atoms with E-state index in [0.717, 1.165) is 13.0 Å². The van der Waals surface area contributed by atoms with Crippen molar-refractivity contribution in [3.63, 3.8) is 0 Å². The number of hydrogen-bond donors (Lipinski definition) is 2. The van der Waals surface area contributed by atoms with Crippen molar-refractivity contribution in [3.8, 4) is 0 Å². The average Bonchev–Trinajstić information content (AvgIpc) is 2.23. The largest absolute Gasteiger partial charge is 0.373 e. The Hall–Kier alpha value is 0.0800. The third-order valence-electron chi connectivity index (χ3n) is 2.61. The summed E-state index contributed by atoms with van der Waals surface area (Å²) in [6, 6.07) is 0. The molecule has 18 heavy (non-hydrogen) atoms. The van der Waals surface area contributed by atoms with Crippen LogP contribution in [0.2, 0.25) is 0 Å². The number of hydrogen-bond acceptors (Lipinski definition) is 4. The van der Waals surface area contributed by atoms with Crippen molar-refractivity contribution in [1.29, 1.82) is 0 Å². The lowest BCUT2D eigenvalue weighted by Gasteiger charge is -2.34. The van der Waals surface area contributed by atoms with Gasteiger partial charge in [-0.2, -0.15) is 12.7 Å². The second-order valence-corrected chi connectivity index (χ2v) is 6.19. The molecule has 6 nitrogen and oxygen atoms in total. The predicted molar refractivity (Wildman–Crippen MR) is 74.3 cm³/mol. The third-order valence-corrected chi connectivity index (χ3v) is 4.16. The van der Waals surface area contributed by atoms with Crippen LogP contribution in [0, 0.1) is 0 Å². The topological polar surface area (TPSA) is 70.7 Å². The van der Waals surface area contributed by atoms with Crippen LogP contribution in [0.3, 0.4) is 0 Å². The van der Waals surface area contributed by atoms with Gasteiger partial charge < -0.3 is 10.1 Å². The van der Waals surface area contributed by atoms with Crippen LogP contribution in [-0.4, -0.2) is 58.2 Å². The van der Waals surface area contributed by atoms with Gasteiger partial charge in [-0.1, -0.05) is 0 Å². The second kappa shape index (κ2) is 8.29. The highest BCUT2D eigenvalue weighted by Crippen LogP contribution is 2.13. The molecule has 2 N–H and O–H groups in total. The van der Waals surface area contributed by atoms with Gasteiger partial charge in [0, 0.05) is 19.6 Å². The molecule has 0 aromatic heterocycles. The van der Waals surface area contributed by atoms with Gasteiger partial charge in [0.1, 0.15) is 0 Å². The highest BCUT2D eigenvalue weighted by molar-refractivity contribution is 7.87. The van der Waals surface area contributed by atoms with E-state index < -0.39 is 10.2 Å². The van der Waals surface area contributed by atoms with Crippen LogP contribution in [0.4, 0.5) is 0 Å². The minimum atomic E-state index is -3.35. The van der Waals surface area contributed by atoms with E-state index in [4.69, 9.17) is 4.74 Å². The molecule has 2 atom stereocenters. The maximum atomic E-state index is 12.0. The summed E-state index contributed by atoms with van der Waals surface area (Å²) in [7, 11) is -1.51. The molecular formula is C10H24ClN3O3S. The Morgan fingerprint density at radius 3 is 2.28 bits per heavy atom. The Labute approximate surface area is 116 Å². The standard InChI is InChI=1S/C10H23N3O3S.ClH/c1-9-7-13(8-10(2)16-9)17(14,15)12-6-4-5-11-3;/h9-12H,4-8H2,1-3H3;1H. The summed E-state index contributed by atoms with van der Waals surface area (Å²) >= 11 is 0. The molecule has 8 heteroatoms. The van der Waals surface area contributed by atoms with Gasteiger partial charge in [0.25, 0.3) is 10.2 Å². The van der Waals surface area contributed by atoms with Gasteiger partial charge in [0.2, 0.25) is 0 Å². The lowest BCUT2D eigenvalue weighted by atomic mass is 10.3. The summed E-state index contributed by atoms with van der Waals surface area (Å²) < 4.78 is 33.5.